The molecular weight excluding hydrogens is 332 g/mol. The number of hydrogen-bond acceptors (Lipinski definition) is 3. The lowest BCUT2D eigenvalue weighted by Gasteiger charge is -2.30. The molecule has 0 saturated carbocycles. The summed E-state index contributed by atoms with van der Waals surface area (Å²) in [4.78, 5) is 26.8. The van der Waals surface area contributed by atoms with E-state index in [0.29, 0.717) is 12.2 Å². The van der Waals surface area contributed by atoms with E-state index in [1.54, 1.807) is 11.8 Å². The molecule has 0 radical (unpaired) electrons. The molecule has 0 spiro atoms. The molecule has 0 aromatic heterocycles. The number of fused-ring (bicyclic) bond motifs is 1. The van der Waals surface area contributed by atoms with Crippen LogP contribution in [0.3, 0.4) is 0 Å². The van der Waals surface area contributed by atoms with Crippen LogP contribution < -0.4 is 5.32 Å². The second kappa shape index (κ2) is 5.24. The van der Waals surface area contributed by atoms with E-state index >= 15 is 0 Å². The maximum atomic E-state index is 13.0. The maximum absolute atomic E-state index is 13.0. The van der Waals surface area contributed by atoms with Crippen LogP contribution in [0.2, 0.25) is 0 Å². The van der Waals surface area contributed by atoms with Gasteiger partial charge in [0.05, 0.1) is 4.87 Å². The van der Waals surface area contributed by atoms with Gasteiger partial charge in [-0.25, -0.2) is 0 Å². The highest BCUT2D eigenvalue weighted by Gasteiger charge is 2.52. The van der Waals surface area contributed by atoms with Gasteiger partial charge in [0.15, 0.2) is 0 Å². The molecule has 4 nitrogen and oxygen atoms in total. The molecule has 2 aromatic carbocycles. The summed E-state index contributed by atoms with van der Waals surface area (Å²) in [6.07, 6.45) is 3.53. The van der Waals surface area contributed by atoms with Gasteiger partial charge < -0.3 is 10.2 Å². The Morgan fingerprint density at radius 1 is 1.20 bits per heavy atom. The van der Waals surface area contributed by atoms with Crippen molar-refractivity contribution >= 4 is 40.0 Å². The van der Waals surface area contributed by atoms with Crippen molar-refractivity contribution in [1.29, 1.82) is 0 Å². The molecule has 2 aliphatic heterocycles. The Bertz CT molecular complexity index is 915. The first-order valence-corrected chi connectivity index (χ1v) is 9.86. The third-order valence-electron chi connectivity index (χ3n) is 5.88. The first-order chi connectivity index (χ1) is 12.1. The summed E-state index contributed by atoms with van der Waals surface area (Å²) in [6.45, 7) is 2.08. The molecule has 128 valence electrons. The van der Waals surface area contributed by atoms with Crippen molar-refractivity contribution in [3.63, 3.8) is 0 Å². The Kier molecular flexibility index (Phi) is 3.20. The summed E-state index contributed by atoms with van der Waals surface area (Å²) in [7, 11) is 0. The number of rotatable bonds is 2. The van der Waals surface area contributed by atoms with Gasteiger partial charge in [-0.05, 0) is 48.8 Å². The van der Waals surface area contributed by atoms with E-state index in [2.05, 4.69) is 36.5 Å². The van der Waals surface area contributed by atoms with Gasteiger partial charge in [0.2, 0.25) is 11.8 Å². The van der Waals surface area contributed by atoms with Gasteiger partial charge in [-0.15, -0.1) is 11.8 Å². The highest BCUT2D eigenvalue weighted by atomic mass is 32.2. The Labute approximate surface area is 151 Å². The molecule has 1 N–H and O–H groups in total. The van der Waals surface area contributed by atoms with Crippen molar-refractivity contribution in [2.24, 2.45) is 0 Å². The number of amides is 2. The van der Waals surface area contributed by atoms with Gasteiger partial charge in [0.25, 0.3) is 0 Å². The minimum absolute atomic E-state index is 0.0647. The number of thioether (sulfide) groups is 1. The van der Waals surface area contributed by atoms with E-state index < -0.39 is 0 Å². The highest BCUT2D eigenvalue weighted by molar-refractivity contribution is 8.01. The van der Waals surface area contributed by atoms with Crippen LogP contribution in [0.4, 0.5) is 5.69 Å². The van der Waals surface area contributed by atoms with E-state index in [4.69, 9.17) is 0 Å². The van der Waals surface area contributed by atoms with Gasteiger partial charge in [-0.1, -0.05) is 24.3 Å². The molecule has 2 saturated heterocycles. The Morgan fingerprint density at radius 3 is 2.84 bits per heavy atom. The third kappa shape index (κ3) is 2.15. The van der Waals surface area contributed by atoms with Crippen LogP contribution in [-0.2, 0) is 22.4 Å². The van der Waals surface area contributed by atoms with Crippen molar-refractivity contribution in [3.05, 3.63) is 41.5 Å². The molecule has 2 aromatic rings. The SMILES string of the molecule is CC12CCC(=O)N1C(C(=O)Nc1ccc3c4c(cccc14)CC3)CS2. The number of aryl methyl sites for hydroxylation is 2. The second-order valence-electron chi connectivity index (χ2n) is 7.37. The number of nitrogens with one attached hydrogen (secondary N) is 1. The summed E-state index contributed by atoms with van der Waals surface area (Å²) in [6, 6.07) is 10.1. The number of hydrogen-bond donors (Lipinski definition) is 1. The minimum atomic E-state index is -0.368. The first-order valence-electron chi connectivity index (χ1n) is 8.87. The van der Waals surface area contributed by atoms with E-state index in [9.17, 15) is 9.59 Å². The predicted molar refractivity (Wildman–Crippen MR) is 101 cm³/mol. The van der Waals surface area contributed by atoms with Crippen molar-refractivity contribution in [3.8, 4) is 0 Å². The normalized spacial score (nSPS) is 27.2. The van der Waals surface area contributed by atoms with Crippen molar-refractivity contribution in [2.45, 2.75) is 43.5 Å². The molecule has 2 unspecified atom stereocenters. The average molecular weight is 352 g/mol. The minimum Gasteiger partial charge on any atom is -0.324 e. The van der Waals surface area contributed by atoms with Crippen molar-refractivity contribution in [1.82, 2.24) is 4.90 Å². The summed E-state index contributed by atoms with van der Waals surface area (Å²) < 4.78 is 0. The van der Waals surface area contributed by atoms with E-state index in [-0.39, 0.29) is 22.7 Å². The fraction of sp³-hybridized carbons (Fsp3) is 0.400. The van der Waals surface area contributed by atoms with Crippen molar-refractivity contribution in [2.75, 3.05) is 11.1 Å². The first kappa shape index (κ1) is 15.3. The molecule has 0 bridgehead atoms. The molecule has 2 atom stereocenters. The Hall–Kier alpha value is -2.01. The molecule has 5 rings (SSSR count). The molecule has 2 heterocycles. The predicted octanol–water partition coefficient (Wildman–Crippen LogP) is 3.33. The number of carbonyl (C=O) groups excluding carboxylic acids is 2. The fourth-order valence-corrected chi connectivity index (χ4v) is 6.02. The highest BCUT2D eigenvalue weighted by Crippen LogP contribution is 2.47. The van der Waals surface area contributed by atoms with E-state index in [0.717, 1.165) is 30.3 Å². The molecule has 1 aliphatic carbocycles. The monoisotopic (exact) mass is 352 g/mol. The van der Waals surface area contributed by atoms with Gasteiger partial charge in [-0.2, -0.15) is 0 Å². The zero-order valence-corrected chi connectivity index (χ0v) is 15.0. The molecular formula is C20H20N2O2S. The number of carbonyl (C=O) groups is 2. The van der Waals surface area contributed by atoms with Crippen LogP contribution in [0, 0.1) is 0 Å². The van der Waals surface area contributed by atoms with Gasteiger partial charge in [-0.3, -0.25) is 9.59 Å². The maximum Gasteiger partial charge on any atom is 0.248 e. The van der Waals surface area contributed by atoms with Gasteiger partial charge >= 0.3 is 0 Å². The topological polar surface area (TPSA) is 49.4 Å². The second-order valence-corrected chi connectivity index (χ2v) is 8.87. The molecule has 25 heavy (non-hydrogen) atoms. The average Bonchev–Trinajstić information content (AvgIpc) is 3.25. The third-order valence-corrected chi connectivity index (χ3v) is 7.39. The lowest BCUT2D eigenvalue weighted by molar-refractivity contribution is -0.135. The van der Waals surface area contributed by atoms with E-state index in [1.807, 2.05) is 11.0 Å². The van der Waals surface area contributed by atoms with Crippen molar-refractivity contribution < 1.29 is 9.59 Å². The summed E-state index contributed by atoms with van der Waals surface area (Å²) in [5.74, 6) is 0.716. The summed E-state index contributed by atoms with van der Waals surface area (Å²) >= 11 is 1.73. The summed E-state index contributed by atoms with van der Waals surface area (Å²) in [5, 5.41) is 5.52. The number of nitrogens with zero attached hydrogens (tertiary/aromatic N) is 1. The zero-order valence-electron chi connectivity index (χ0n) is 14.2. The van der Waals surface area contributed by atoms with Gasteiger partial charge in [0, 0.05) is 23.2 Å². The lowest BCUT2D eigenvalue weighted by Crippen LogP contribution is -2.48. The van der Waals surface area contributed by atoms with Crippen LogP contribution in [0.25, 0.3) is 10.8 Å². The van der Waals surface area contributed by atoms with Crippen LogP contribution in [0.5, 0.6) is 0 Å². The fourth-order valence-electron chi connectivity index (χ4n) is 4.59. The summed E-state index contributed by atoms with van der Waals surface area (Å²) in [5.41, 5.74) is 3.59. The van der Waals surface area contributed by atoms with Crippen LogP contribution in [-0.4, -0.2) is 33.4 Å². The molecule has 5 heteroatoms. The Morgan fingerprint density at radius 2 is 2.00 bits per heavy atom. The molecule has 2 fully saturated rings. The zero-order chi connectivity index (χ0) is 17.2. The molecule has 2 amide bonds. The smallest absolute Gasteiger partial charge is 0.248 e. The lowest BCUT2D eigenvalue weighted by atomic mass is 10.0. The quantitative estimate of drug-likeness (QED) is 0.902. The molecule has 3 aliphatic rings. The largest absolute Gasteiger partial charge is 0.324 e. The van der Waals surface area contributed by atoms with E-state index in [1.165, 1.54) is 16.5 Å². The number of anilines is 1. The van der Waals surface area contributed by atoms with Gasteiger partial charge in [0.1, 0.15) is 6.04 Å². The Balaban J connectivity index is 1.48. The standard InChI is InChI=1S/C20H20N2O2S/c1-20-10-9-17(23)22(20)16(11-25-20)19(24)21-15-8-7-13-6-5-12-3-2-4-14(15)18(12)13/h2-4,7-8,16H,5-6,9-11H2,1H3,(H,21,24). The van der Waals surface area contributed by atoms with Crippen LogP contribution >= 0.6 is 11.8 Å². The van der Waals surface area contributed by atoms with Crippen LogP contribution in [0.1, 0.15) is 30.9 Å². The van der Waals surface area contributed by atoms with Crippen LogP contribution in [0.15, 0.2) is 30.3 Å². The number of benzene rings is 2.